The van der Waals surface area contributed by atoms with Gasteiger partial charge in [0.1, 0.15) is 10.6 Å². The number of ether oxygens (including phenoxy) is 1. The summed E-state index contributed by atoms with van der Waals surface area (Å²) in [6, 6.07) is 0. The van der Waals surface area contributed by atoms with Crippen molar-refractivity contribution in [2.75, 3.05) is 26.8 Å². The fourth-order valence-corrected chi connectivity index (χ4v) is 5.43. The average molecular weight is 384 g/mol. The Labute approximate surface area is 152 Å². The first-order chi connectivity index (χ1) is 12.3. The summed E-state index contributed by atoms with van der Waals surface area (Å²) in [5.74, 6) is 1.29. The molecule has 1 saturated heterocycles. The average Bonchev–Trinajstić information content (AvgIpc) is 3.19. The van der Waals surface area contributed by atoms with Crippen LogP contribution in [0.1, 0.15) is 42.4 Å². The topological polar surface area (TPSA) is 112 Å². The quantitative estimate of drug-likeness (QED) is 0.740. The number of hydrogen-bond acceptors (Lipinski definition) is 8. The Morgan fingerprint density at radius 3 is 2.58 bits per heavy atom. The highest BCUT2D eigenvalue weighted by atomic mass is 32.2. The maximum atomic E-state index is 13.2. The van der Waals surface area contributed by atoms with Crippen LogP contribution in [0.25, 0.3) is 0 Å². The lowest BCUT2D eigenvalue weighted by Crippen LogP contribution is -2.49. The molecule has 3 heterocycles. The minimum Gasteiger partial charge on any atom is -0.385 e. The summed E-state index contributed by atoms with van der Waals surface area (Å²) in [6.07, 6.45) is 2.07. The highest BCUT2D eigenvalue weighted by Gasteiger charge is 2.45. The molecule has 0 aliphatic carbocycles. The van der Waals surface area contributed by atoms with Gasteiger partial charge in [0.2, 0.25) is 15.9 Å². The normalized spacial score (nSPS) is 22.0. The van der Waals surface area contributed by atoms with Crippen LogP contribution in [0.3, 0.4) is 0 Å². The molecule has 2 aromatic rings. The van der Waals surface area contributed by atoms with E-state index in [1.807, 2.05) is 0 Å². The van der Waals surface area contributed by atoms with Crippen LogP contribution < -0.4 is 0 Å². The zero-order valence-corrected chi connectivity index (χ0v) is 16.3. The lowest BCUT2D eigenvalue weighted by Gasteiger charge is -2.40. The maximum absolute atomic E-state index is 13.2. The van der Waals surface area contributed by atoms with E-state index in [1.165, 1.54) is 4.31 Å². The molecular formula is C16H24N4O5S. The number of hydrogen-bond donors (Lipinski definition) is 0. The predicted molar refractivity (Wildman–Crippen MR) is 91.2 cm³/mol. The molecule has 0 spiro atoms. The molecule has 1 aliphatic heterocycles. The Kier molecular flexibility index (Phi) is 5.18. The highest BCUT2D eigenvalue weighted by Crippen LogP contribution is 2.38. The molecule has 0 N–H and O–H groups in total. The van der Waals surface area contributed by atoms with E-state index in [4.69, 9.17) is 13.8 Å². The van der Waals surface area contributed by atoms with Crippen LogP contribution >= 0.6 is 0 Å². The summed E-state index contributed by atoms with van der Waals surface area (Å²) >= 11 is 0. The van der Waals surface area contributed by atoms with E-state index in [2.05, 4.69) is 15.3 Å². The van der Waals surface area contributed by atoms with E-state index in [9.17, 15) is 8.42 Å². The van der Waals surface area contributed by atoms with E-state index in [0.29, 0.717) is 49.2 Å². The number of aromatic nitrogens is 3. The first-order valence-corrected chi connectivity index (χ1v) is 9.97. The molecule has 1 unspecified atom stereocenters. The van der Waals surface area contributed by atoms with Crippen molar-refractivity contribution in [3.05, 3.63) is 23.2 Å². The van der Waals surface area contributed by atoms with Crippen LogP contribution in [0.5, 0.6) is 0 Å². The van der Waals surface area contributed by atoms with Crippen LogP contribution in [-0.4, -0.2) is 54.8 Å². The Morgan fingerprint density at radius 2 is 2.00 bits per heavy atom. The molecular weight excluding hydrogens is 360 g/mol. The Balaban J connectivity index is 1.98. The summed E-state index contributed by atoms with van der Waals surface area (Å²) < 4.78 is 43.4. The van der Waals surface area contributed by atoms with Gasteiger partial charge in [0.15, 0.2) is 11.6 Å². The van der Waals surface area contributed by atoms with Crippen LogP contribution in [0.15, 0.2) is 13.9 Å². The van der Waals surface area contributed by atoms with Crippen molar-refractivity contribution in [1.29, 1.82) is 0 Å². The molecule has 144 valence electrons. The lowest BCUT2D eigenvalue weighted by molar-refractivity contribution is 0.128. The molecule has 1 atom stereocenters. The monoisotopic (exact) mass is 384 g/mol. The summed E-state index contributed by atoms with van der Waals surface area (Å²) in [5.41, 5.74) is -0.177. The third kappa shape index (κ3) is 3.28. The van der Waals surface area contributed by atoms with E-state index < -0.39 is 15.4 Å². The van der Waals surface area contributed by atoms with Gasteiger partial charge < -0.3 is 13.8 Å². The van der Waals surface area contributed by atoms with E-state index in [-0.39, 0.29) is 11.4 Å². The smallest absolute Gasteiger partial charge is 0.248 e. The van der Waals surface area contributed by atoms with Crippen molar-refractivity contribution in [3.8, 4) is 0 Å². The summed E-state index contributed by atoms with van der Waals surface area (Å²) in [5, 5.41) is 7.87. The van der Waals surface area contributed by atoms with Gasteiger partial charge in [-0.2, -0.15) is 9.29 Å². The third-order valence-corrected chi connectivity index (χ3v) is 6.98. The highest BCUT2D eigenvalue weighted by molar-refractivity contribution is 7.89. The van der Waals surface area contributed by atoms with Gasteiger partial charge in [0.25, 0.3) is 0 Å². The fourth-order valence-electron chi connectivity index (χ4n) is 3.58. The second kappa shape index (κ2) is 7.09. The number of piperidine rings is 1. The largest absolute Gasteiger partial charge is 0.385 e. The summed E-state index contributed by atoms with van der Waals surface area (Å²) in [7, 11) is -2.11. The van der Waals surface area contributed by atoms with Gasteiger partial charge >= 0.3 is 0 Å². The first-order valence-electron chi connectivity index (χ1n) is 8.53. The van der Waals surface area contributed by atoms with Crippen molar-refractivity contribution >= 4 is 10.0 Å². The van der Waals surface area contributed by atoms with Gasteiger partial charge in [-0.25, -0.2) is 8.42 Å². The number of sulfonamides is 1. The van der Waals surface area contributed by atoms with E-state index in [0.717, 1.165) is 6.42 Å². The van der Waals surface area contributed by atoms with Gasteiger partial charge in [-0.05, 0) is 33.1 Å². The Morgan fingerprint density at radius 1 is 1.23 bits per heavy atom. The maximum Gasteiger partial charge on any atom is 0.248 e. The molecule has 0 bridgehead atoms. The summed E-state index contributed by atoms with van der Waals surface area (Å²) in [6.45, 7) is 6.14. The van der Waals surface area contributed by atoms with Crippen molar-refractivity contribution in [1.82, 2.24) is 19.6 Å². The minimum atomic E-state index is -3.73. The van der Waals surface area contributed by atoms with Crippen molar-refractivity contribution in [2.45, 2.75) is 50.3 Å². The fraction of sp³-hybridized carbons (Fsp3) is 0.688. The van der Waals surface area contributed by atoms with Gasteiger partial charge in [0.05, 0.1) is 0 Å². The molecule has 0 aromatic carbocycles. The van der Waals surface area contributed by atoms with Gasteiger partial charge in [0, 0.05) is 39.1 Å². The molecule has 26 heavy (non-hydrogen) atoms. The number of rotatable bonds is 6. The Bertz CT molecular complexity index is 856. The van der Waals surface area contributed by atoms with Crippen molar-refractivity contribution < 1.29 is 22.2 Å². The second-order valence-electron chi connectivity index (χ2n) is 6.76. The van der Waals surface area contributed by atoms with Gasteiger partial charge in [-0.1, -0.05) is 10.3 Å². The van der Waals surface area contributed by atoms with Crippen molar-refractivity contribution in [3.63, 3.8) is 0 Å². The standard InChI is InChI=1S/C16H24N4O5S/c1-11-14(12(2)24-18-11)26(21,22)20-8-5-6-16(10-20,7-9-23-4)15-17-13(3)25-19-15/h5-10H2,1-4H3. The molecule has 2 aromatic heterocycles. The van der Waals surface area contributed by atoms with Crippen LogP contribution in [0.2, 0.25) is 0 Å². The third-order valence-electron chi connectivity index (χ3n) is 4.89. The number of nitrogens with zero attached hydrogens (tertiary/aromatic N) is 4. The molecule has 0 radical (unpaired) electrons. The number of methoxy groups -OCH3 is 1. The molecule has 1 aliphatic rings. The molecule has 10 heteroatoms. The number of aryl methyl sites for hydroxylation is 3. The van der Waals surface area contributed by atoms with E-state index in [1.54, 1.807) is 27.9 Å². The minimum absolute atomic E-state index is 0.143. The van der Waals surface area contributed by atoms with Gasteiger partial charge in [-0.15, -0.1) is 0 Å². The van der Waals surface area contributed by atoms with Gasteiger partial charge in [-0.3, -0.25) is 0 Å². The lowest BCUT2D eigenvalue weighted by atomic mass is 9.77. The van der Waals surface area contributed by atoms with Crippen LogP contribution in [0.4, 0.5) is 0 Å². The zero-order chi connectivity index (χ0) is 18.9. The second-order valence-corrected chi connectivity index (χ2v) is 8.63. The first kappa shape index (κ1) is 19.0. The molecule has 0 saturated carbocycles. The molecule has 0 amide bonds. The summed E-state index contributed by atoms with van der Waals surface area (Å²) in [4.78, 5) is 4.53. The zero-order valence-electron chi connectivity index (χ0n) is 15.5. The molecule has 1 fully saturated rings. The SMILES string of the molecule is COCCC1(c2noc(C)n2)CCCN(S(=O)(=O)c2c(C)noc2C)C1. The molecule has 9 nitrogen and oxygen atoms in total. The molecule has 3 rings (SSSR count). The predicted octanol–water partition coefficient (Wildman–Crippen LogP) is 1.74. The van der Waals surface area contributed by atoms with E-state index >= 15 is 0 Å². The van der Waals surface area contributed by atoms with Crippen molar-refractivity contribution in [2.24, 2.45) is 0 Å². The van der Waals surface area contributed by atoms with Crippen LogP contribution in [0, 0.1) is 20.8 Å². The van der Waals surface area contributed by atoms with Crippen LogP contribution in [-0.2, 0) is 20.2 Å². The Hall–Kier alpha value is -1.78.